The summed E-state index contributed by atoms with van der Waals surface area (Å²) in [5.74, 6) is 0. The Hall–Kier alpha value is -1.91. The van der Waals surface area contributed by atoms with Gasteiger partial charge in [0.15, 0.2) is 0 Å². The van der Waals surface area contributed by atoms with E-state index in [2.05, 4.69) is 11.6 Å². The number of rotatable bonds is 5. The maximum absolute atomic E-state index is 13.5. The minimum Gasteiger partial charge on any atom is -0.329 e. The number of aromatic nitrogens is 1. The highest BCUT2D eigenvalue weighted by Gasteiger charge is 2.27. The molecule has 5 heteroatoms. The van der Waals surface area contributed by atoms with E-state index >= 15 is 0 Å². The third-order valence-corrected chi connectivity index (χ3v) is 3.87. The van der Waals surface area contributed by atoms with Crippen molar-refractivity contribution in [3.63, 3.8) is 0 Å². The lowest BCUT2D eigenvalue weighted by Crippen LogP contribution is -2.18. The summed E-state index contributed by atoms with van der Waals surface area (Å²) in [5.41, 5.74) is 5.65. The van der Waals surface area contributed by atoms with Crippen molar-refractivity contribution in [3.8, 4) is 0 Å². The van der Waals surface area contributed by atoms with Crippen LogP contribution in [-0.4, -0.2) is 17.6 Å². The Labute approximate surface area is 131 Å². The maximum atomic E-state index is 13.5. The van der Waals surface area contributed by atoms with Gasteiger partial charge in [0, 0.05) is 22.7 Å². The standard InChI is InChI=1S/C17H21BF2N2/c1-6-7-8-15(16-11(2)9-13(4)21-16)17-12(3)10-14(5)22(17)18(19)20/h6,9-10H,1,7-8H2,2-5H3/b16-15-. The third-order valence-electron chi connectivity index (χ3n) is 3.87. The van der Waals surface area contributed by atoms with Crippen molar-refractivity contribution in [2.75, 3.05) is 0 Å². The molecule has 1 aromatic rings. The third kappa shape index (κ3) is 2.98. The van der Waals surface area contributed by atoms with E-state index in [1.807, 2.05) is 32.9 Å². The molecule has 22 heavy (non-hydrogen) atoms. The topological polar surface area (TPSA) is 17.3 Å². The summed E-state index contributed by atoms with van der Waals surface area (Å²) >= 11 is 0. The van der Waals surface area contributed by atoms with E-state index < -0.39 is 7.40 Å². The van der Waals surface area contributed by atoms with E-state index in [1.165, 1.54) is 0 Å². The smallest absolute Gasteiger partial charge is 0.329 e. The summed E-state index contributed by atoms with van der Waals surface area (Å²) in [7, 11) is -2.56. The lowest BCUT2D eigenvalue weighted by atomic mass is 9.97. The van der Waals surface area contributed by atoms with Gasteiger partial charge in [-0.05, 0) is 63.8 Å². The van der Waals surface area contributed by atoms with Gasteiger partial charge in [-0.3, -0.25) is 13.6 Å². The molecule has 1 aromatic heterocycles. The van der Waals surface area contributed by atoms with Gasteiger partial charge in [-0.15, -0.1) is 6.58 Å². The highest BCUT2D eigenvalue weighted by molar-refractivity contribution is 6.41. The predicted molar refractivity (Wildman–Crippen MR) is 90.5 cm³/mol. The fourth-order valence-corrected chi connectivity index (χ4v) is 3.03. The normalized spacial score (nSPS) is 16.5. The molecule has 2 heterocycles. The van der Waals surface area contributed by atoms with Crippen LogP contribution < -0.4 is 0 Å². The Morgan fingerprint density at radius 1 is 1.32 bits per heavy atom. The quantitative estimate of drug-likeness (QED) is 0.539. The average Bonchev–Trinajstić information content (AvgIpc) is 2.90. The Kier molecular flexibility index (Phi) is 4.84. The molecule has 0 radical (unpaired) electrons. The highest BCUT2D eigenvalue weighted by atomic mass is 19.2. The van der Waals surface area contributed by atoms with Gasteiger partial charge in [0.1, 0.15) is 0 Å². The second-order valence-electron chi connectivity index (χ2n) is 5.70. The zero-order valence-electron chi connectivity index (χ0n) is 13.6. The summed E-state index contributed by atoms with van der Waals surface area (Å²) < 4.78 is 28.1. The Morgan fingerprint density at radius 3 is 2.50 bits per heavy atom. The molecule has 2 nitrogen and oxygen atoms in total. The summed E-state index contributed by atoms with van der Waals surface area (Å²) in [6, 6.07) is 1.81. The number of aryl methyl sites for hydroxylation is 2. The summed E-state index contributed by atoms with van der Waals surface area (Å²) in [5, 5.41) is 0. The number of hydrogen-bond acceptors (Lipinski definition) is 1. The summed E-state index contributed by atoms with van der Waals surface area (Å²) in [4.78, 5) is 4.56. The molecule has 0 atom stereocenters. The van der Waals surface area contributed by atoms with Crippen molar-refractivity contribution in [2.45, 2.75) is 40.5 Å². The predicted octanol–water partition coefficient (Wildman–Crippen LogP) is 4.98. The van der Waals surface area contributed by atoms with Gasteiger partial charge in [0.05, 0.1) is 5.70 Å². The van der Waals surface area contributed by atoms with Crippen molar-refractivity contribution in [1.29, 1.82) is 0 Å². The maximum Gasteiger partial charge on any atom is 0.677 e. The second kappa shape index (κ2) is 6.47. The van der Waals surface area contributed by atoms with Crippen molar-refractivity contribution in [3.05, 3.63) is 53.0 Å². The van der Waals surface area contributed by atoms with Crippen LogP contribution in [0.5, 0.6) is 0 Å². The fourth-order valence-electron chi connectivity index (χ4n) is 3.03. The first-order valence-corrected chi connectivity index (χ1v) is 7.41. The second-order valence-corrected chi connectivity index (χ2v) is 5.70. The van der Waals surface area contributed by atoms with E-state index in [0.717, 1.165) is 39.0 Å². The van der Waals surface area contributed by atoms with Gasteiger partial charge >= 0.3 is 7.40 Å². The molecule has 1 aliphatic heterocycles. The van der Waals surface area contributed by atoms with Crippen LogP contribution in [0, 0.1) is 13.8 Å². The van der Waals surface area contributed by atoms with E-state index in [4.69, 9.17) is 0 Å². The molecule has 0 N–H and O–H groups in total. The lowest BCUT2D eigenvalue weighted by molar-refractivity contribution is 0.623. The first-order chi connectivity index (χ1) is 10.4. The Morgan fingerprint density at radius 2 is 2.00 bits per heavy atom. The van der Waals surface area contributed by atoms with Gasteiger partial charge < -0.3 is 4.48 Å². The van der Waals surface area contributed by atoms with Crippen LogP contribution in [0.3, 0.4) is 0 Å². The summed E-state index contributed by atoms with van der Waals surface area (Å²) in [6.45, 7) is 11.2. The molecular weight excluding hydrogens is 281 g/mol. The van der Waals surface area contributed by atoms with Crippen LogP contribution in [-0.2, 0) is 0 Å². The van der Waals surface area contributed by atoms with Crippen LogP contribution in [0.1, 0.15) is 43.6 Å². The SMILES string of the molecule is C=CCC/C(=C1/N=C(C)C=C1C)c1c(C)cc(C)n1B(F)F. The number of nitrogens with zero attached hydrogens (tertiary/aromatic N) is 2. The lowest BCUT2D eigenvalue weighted by Gasteiger charge is -2.15. The van der Waals surface area contributed by atoms with Crippen molar-refractivity contribution < 1.29 is 8.63 Å². The molecular formula is C17H21BF2N2. The van der Waals surface area contributed by atoms with E-state index in [1.54, 1.807) is 13.0 Å². The molecule has 0 amide bonds. The Bertz CT molecular complexity index is 694. The Balaban J connectivity index is 2.70. The fraction of sp³-hybridized carbons (Fsp3) is 0.353. The highest BCUT2D eigenvalue weighted by Crippen LogP contribution is 2.35. The van der Waals surface area contributed by atoms with Crippen LogP contribution >= 0.6 is 0 Å². The first kappa shape index (κ1) is 16.5. The number of allylic oxidation sites excluding steroid dienone is 4. The molecule has 1 aliphatic rings. The van der Waals surface area contributed by atoms with Gasteiger partial charge in [-0.25, -0.2) is 0 Å². The molecule has 0 aromatic carbocycles. The molecule has 0 fully saturated rings. The van der Waals surface area contributed by atoms with Crippen molar-refractivity contribution >= 4 is 18.7 Å². The zero-order valence-corrected chi connectivity index (χ0v) is 13.6. The van der Waals surface area contributed by atoms with Crippen LogP contribution in [0.4, 0.5) is 8.63 Å². The molecule has 0 aliphatic carbocycles. The van der Waals surface area contributed by atoms with Gasteiger partial charge in [-0.1, -0.05) is 6.08 Å². The molecule has 116 valence electrons. The molecule has 0 saturated carbocycles. The van der Waals surface area contributed by atoms with E-state index in [-0.39, 0.29) is 0 Å². The number of hydrogen-bond donors (Lipinski definition) is 0. The van der Waals surface area contributed by atoms with Crippen molar-refractivity contribution in [2.24, 2.45) is 4.99 Å². The molecule has 0 spiro atoms. The minimum absolute atomic E-state index is 0.569. The van der Waals surface area contributed by atoms with Crippen LogP contribution in [0.25, 0.3) is 5.57 Å². The van der Waals surface area contributed by atoms with Crippen LogP contribution in [0.2, 0.25) is 0 Å². The van der Waals surface area contributed by atoms with Crippen molar-refractivity contribution in [1.82, 2.24) is 4.48 Å². The number of aliphatic imine (C=N–C) groups is 1. The monoisotopic (exact) mass is 302 g/mol. The first-order valence-electron chi connectivity index (χ1n) is 7.41. The van der Waals surface area contributed by atoms with Gasteiger partial charge in [-0.2, -0.15) is 0 Å². The van der Waals surface area contributed by atoms with Gasteiger partial charge in [0.2, 0.25) is 0 Å². The van der Waals surface area contributed by atoms with Crippen LogP contribution in [0.15, 0.2) is 41.1 Å². The average molecular weight is 302 g/mol. The summed E-state index contributed by atoms with van der Waals surface area (Å²) in [6.07, 6.45) is 5.18. The van der Waals surface area contributed by atoms with Gasteiger partial charge in [0.25, 0.3) is 0 Å². The minimum atomic E-state index is -2.56. The van der Waals surface area contributed by atoms with E-state index in [9.17, 15) is 8.63 Å². The molecule has 0 unspecified atom stereocenters. The number of halogens is 2. The largest absolute Gasteiger partial charge is 0.677 e. The molecule has 2 rings (SSSR count). The molecule has 0 saturated heterocycles. The zero-order chi connectivity index (χ0) is 16.4. The van der Waals surface area contributed by atoms with E-state index in [0.29, 0.717) is 17.8 Å². The molecule has 0 bridgehead atoms.